The lowest BCUT2D eigenvalue weighted by atomic mass is 9.93. The molecule has 3 aromatic rings. The Bertz CT molecular complexity index is 924. The molecule has 3 rings (SSSR count). The second kappa shape index (κ2) is 6.90. The highest BCUT2D eigenvalue weighted by Crippen LogP contribution is 2.39. The van der Waals surface area contributed by atoms with Crippen LogP contribution in [-0.4, -0.2) is 19.2 Å². The van der Waals surface area contributed by atoms with Crippen molar-refractivity contribution in [1.82, 2.24) is 4.98 Å². The number of fused-ring (bicyclic) bond motifs is 1. The summed E-state index contributed by atoms with van der Waals surface area (Å²) in [7, 11) is 3.21. The van der Waals surface area contributed by atoms with Gasteiger partial charge in [0.2, 0.25) is 0 Å². The van der Waals surface area contributed by atoms with Crippen molar-refractivity contribution in [2.75, 3.05) is 14.2 Å². The number of rotatable bonds is 4. The van der Waals surface area contributed by atoms with Crippen LogP contribution in [0.25, 0.3) is 10.8 Å². The Labute approximate surface area is 148 Å². The van der Waals surface area contributed by atoms with Crippen LogP contribution < -0.4 is 9.47 Å². The summed E-state index contributed by atoms with van der Waals surface area (Å²) in [6.45, 7) is 0. The molecule has 0 radical (unpaired) electrons. The van der Waals surface area contributed by atoms with E-state index in [0.29, 0.717) is 17.2 Å². The van der Waals surface area contributed by atoms with Gasteiger partial charge in [-0.15, -0.1) is 0 Å². The molecule has 24 heavy (non-hydrogen) atoms. The summed E-state index contributed by atoms with van der Waals surface area (Å²) in [6, 6.07) is 15.7. The van der Waals surface area contributed by atoms with E-state index >= 15 is 0 Å². The third-order valence-electron chi connectivity index (χ3n) is 3.93. The summed E-state index contributed by atoms with van der Waals surface area (Å²) in [6.07, 6.45) is 1.64. The third-order valence-corrected chi connectivity index (χ3v) is 4.65. The van der Waals surface area contributed by atoms with Crippen molar-refractivity contribution in [2.45, 2.75) is 5.92 Å². The molecule has 0 aliphatic carbocycles. The predicted octanol–water partition coefficient (Wildman–Crippen LogP) is 4.67. The standard InChI is InChI=1S/C19H15BrN2O2/c1-23-16-9-5-7-13-18(16)17(24-2)11-22-19(13)14(10-21)12-6-3-4-8-15(12)20/h3-9,11,14H,1-2H3. The van der Waals surface area contributed by atoms with Crippen LogP contribution in [0.3, 0.4) is 0 Å². The number of pyridine rings is 1. The van der Waals surface area contributed by atoms with Crippen molar-refractivity contribution >= 4 is 26.7 Å². The van der Waals surface area contributed by atoms with Crippen molar-refractivity contribution in [3.8, 4) is 17.6 Å². The van der Waals surface area contributed by atoms with Crippen molar-refractivity contribution < 1.29 is 9.47 Å². The molecule has 1 unspecified atom stereocenters. The van der Waals surface area contributed by atoms with Crippen molar-refractivity contribution in [3.63, 3.8) is 0 Å². The summed E-state index contributed by atoms with van der Waals surface area (Å²) < 4.78 is 11.8. The highest BCUT2D eigenvalue weighted by Gasteiger charge is 2.22. The SMILES string of the molecule is COc1cccc2c(C(C#N)c3ccccc3Br)ncc(OC)c12. The number of methoxy groups -OCH3 is 2. The molecule has 0 bridgehead atoms. The zero-order chi connectivity index (χ0) is 17.1. The lowest BCUT2D eigenvalue weighted by Gasteiger charge is -2.16. The van der Waals surface area contributed by atoms with Gasteiger partial charge in [-0.25, -0.2) is 0 Å². The lowest BCUT2D eigenvalue weighted by Crippen LogP contribution is -2.04. The van der Waals surface area contributed by atoms with Gasteiger partial charge in [-0.05, 0) is 17.7 Å². The number of halogens is 1. The van der Waals surface area contributed by atoms with Crippen LogP contribution >= 0.6 is 15.9 Å². The van der Waals surface area contributed by atoms with Crippen LogP contribution in [-0.2, 0) is 0 Å². The van der Waals surface area contributed by atoms with Crippen LogP contribution in [0.1, 0.15) is 17.2 Å². The zero-order valence-electron chi connectivity index (χ0n) is 13.3. The molecule has 5 heteroatoms. The van der Waals surface area contributed by atoms with E-state index in [1.807, 2.05) is 42.5 Å². The van der Waals surface area contributed by atoms with Crippen LogP contribution in [0.5, 0.6) is 11.5 Å². The first-order valence-corrected chi connectivity index (χ1v) is 8.14. The maximum atomic E-state index is 9.80. The average molecular weight is 383 g/mol. The summed E-state index contributed by atoms with van der Waals surface area (Å²) in [5.74, 6) is 0.813. The highest BCUT2D eigenvalue weighted by atomic mass is 79.9. The molecule has 1 heterocycles. The van der Waals surface area contributed by atoms with Gasteiger partial charge in [0.1, 0.15) is 17.4 Å². The van der Waals surface area contributed by atoms with Crippen molar-refractivity contribution in [2.24, 2.45) is 0 Å². The summed E-state index contributed by atoms with van der Waals surface area (Å²) in [4.78, 5) is 4.52. The second-order valence-corrected chi connectivity index (χ2v) is 6.03. The number of aromatic nitrogens is 1. The van der Waals surface area contributed by atoms with Crippen LogP contribution in [0.2, 0.25) is 0 Å². The molecule has 4 nitrogen and oxygen atoms in total. The summed E-state index contributed by atoms with van der Waals surface area (Å²) >= 11 is 3.53. The van der Waals surface area contributed by atoms with Gasteiger partial charge < -0.3 is 9.47 Å². The Balaban J connectivity index is 2.31. The Morgan fingerprint density at radius 3 is 2.46 bits per heavy atom. The van der Waals surface area contributed by atoms with Gasteiger partial charge in [-0.3, -0.25) is 4.98 Å². The minimum Gasteiger partial charge on any atom is -0.496 e. The zero-order valence-corrected chi connectivity index (χ0v) is 14.9. The first-order chi connectivity index (χ1) is 11.7. The fraction of sp³-hybridized carbons (Fsp3) is 0.158. The summed E-state index contributed by atoms with van der Waals surface area (Å²) in [5, 5.41) is 11.5. The Hall–Kier alpha value is -2.58. The van der Waals surface area contributed by atoms with E-state index in [4.69, 9.17) is 9.47 Å². The normalized spacial score (nSPS) is 11.8. The van der Waals surface area contributed by atoms with Gasteiger partial charge >= 0.3 is 0 Å². The van der Waals surface area contributed by atoms with Crippen LogP contribution in [0, 0.1) is 11.3 Å². The molecular weight excluding hydrogens is 368 g/mol. The summed E-state index contributed by atoms with van der Waals surface area (Å²) in [5.41, 5.74) is 1.56. The van der Waals surface area contributed by atoms with Gasteiger partial charge in [-0.2, -0.15) is 5.26 Å². The minimum atomic E-state index is -0.499. The molecule has 0 spiro atoms. The first kappa shape index (κ1) is 16.3. The molecule has 0 aliphatic rings. The van der Waals surface area contributed by atoms with Gasteiger partial charge in [0.25, 0.3) is 0 Å². The number of benzene rings is 2. The van der Waals surface area contributed by atoms with Gasteiger partial charge in [0.05, 0.1) is 37.6 Å². The molecular formula is C19H15BrN2O2. The van der Waals surface area contributed by atoms with Gasteiger partial charge in [0.15, 0.2) is 0 Å². The van der Waals surface area contributed by atoms with Gasteiger partial charge in [-0.1, -0.05) is 46.3 Å². The van der Waals surface area contributed by atoms with Crippen molar-refractivity contribution in [1.29, 1.82) is 5.26 Å². The van der Waals surface area contributed by atoms with E-state index in [1.54, 1.807) is 20.4 Å². The fourth-order valence-electron chi connectivity index (χ4n) is 2.80. The number of hydrogen-bond donors (Lipinski definition) is 0. The molecule has 1 aromatic heterocycles. The highest BCUT2D eigenvalue weighted by molar-refractivity contribution is 9.10. The number of nitrogens with zero attached hydrogens (tertiary/aromatic N) is 2. The maximum Gasteiger partial charge on any atom is 0.148 e. The topological polar surface area (TPSA) is 55.1 Å². The molecule has 0 aliphatic heterocycles. The predicted molar refractivity (Wildman–Crippen MR) is 96.4 cm³/mol. The number of nitriles is 1. The monoisotopic (exact) mass is 382 g/mol. The molecule has 0 saturated carbocycles. The van der Waals surface area contributed by atoms with E-state index in [2.05, 4.69) is 27.0 Å². The van der Waals surface area contributed by atoms with E-state index in [0.717, 1.165) is 20.8 Å². The second-order valence-electron chi connectivity index (χ2n) is 5.18. The molecule has 1 atom stereocenters. The van der Waals surface area contributed by atoms with E-state index in [9.17, 15) is 5.26 Å². The number of ether oxygens (including phenoxy) is 2. The first-order valence-electron chi connectivity index (χ1n) is 7.35. The van der Waals surface area contributed by atoms with Crippen molar-refractivity contribution in [3.05, 3.63) is 64.4 Å². The Kier molecular flexibility index (Phi) is 4.68. The van der Waals surface area contributed by atoms with Gasteiger partial charge in [0, 0.05) is 9.86 Å². The molecule has 0 saturated heterocycles. The van der Waals surface area contributed by atoms with E-state index in [1.165, 1.54) is 0 Å². The molecule has 0 amide bonds. The van der Waals surface area contributed by atoms with E-state index < -0.39 is 5.92 Å². The fourth-order valence-corrected chi connectivity index (χ4v) is 3.32. The Morgan fingerprint density at radius 2 is 1.79 bits per heavy atom. The minimum absolute atomic E-state index is 0.499. The van der Waals surface area contributed by atoms with E-state index in [-0.39, 0.29) is 0 Å². The molecule has 2 aromatic carbocycles. The molecule has 0 N–H and O–H groups in total. The smallest absolute Gasteiger partial charge is 0.148 e. The number of hydrogen-bond acceptors (Lipinski definition) is 4. The van der Waals surface area contributed by atoms with Crippen LogP contribution in [0.15, 0.2) is 53.1 Å². The lowest BCUT2D eigenvalue weighted by molar-refractivity contribution is 0.404. The third kappa shape index (κ3) is 2.70. The average Bonchev–Trinajstić information content (AvgIpc) is 2.63. The Morgan fingerprint density at radius 1 is 1.04 bits per heavy atom. The molecule has 0 fully saturated rings. The largest absolute Gasteiger partial charge is 0.496 e. The molecule has 120 valence electrons. The maximum absolute atomic E-state index is 9.80. The van der Waals surface area contributed by atoms with Crippen LogP contribution in [0.4, 0.5) is 0 Å². The quantitative estimate of drug-likeness (QED) is 0.657.